The third kappa shape index (κ3) is 3.25. The van der Waals surface area contributed by atoms with E-state index < -0.39 is 0 Å². The molecular formula is C15H11BrClN3O. The summed E-state index contributed by atoms with van der Waals surface area (Å²) in [6, 6.07) is 11.3. The predicted octanol–water partition coefficient (Wildman–Crippen LogP) is 4.09. The van der Waals surface area contributed by atoms with Crippen LogP contribution >= 0.6 is 27.5 Å². The van der Waals surface area contributed by atoms with Crippen LogP contribution in [0.3, 0.4) is 0 Å². The molecule has 1 aromatic carbocycles. The molecule has 2 heterocycles. The number of nitrogens with one attached hydrogen (secondary N) is 1. The minimum absolute atomic E-state index is 0.134. The van der Waals surface area contributed by atoms with E-state index in [1.54, 1.807) is 12.1 Å². The number of benzene rings is 1. The molecule has 3 rings (SSSR count). The molecule has 0 aliphatic rings. The van der Waals surface area contributed by atoms with Crippen molar-refractivity contribution in [2.75, 3.05) is 5.32 Å². The lowest BCUT2D eigenvalue weighted by Crippen LogP contribution is -2.18. The minimum Gasteiger partial charge on any atom is -0.338 e. The first kappa shape index (κ1) is 14.1. The number of carbonyl (C=O) groups is 1. The summed E-state index contributed by atoms with van der Waals surface area (Å²) in [6.07, 6.45) is 3.39. The van der Waals surface area contributed by atoms with Gasteiger partial charge in [0.2, 0.25) is 5.91 Å². The molecule has 0 aliphatic heterocycles. The Morgan fingerprint density at radius 2 is 2.14 bits per heavy atom. The molecule has 4 nitrogen and oxygen atoms in total. The highest BCUT2D eigenvalue weighted by Gasteiger charge is 2.07. The van der Waals surface area contributed by atoms with Crippen molar-refractivity contribution in [2.24, 2.45) is 0 Å². The van der Waals surface area contributed by atoms with Gasteiger partial charge in [0.15, 0.2) is 0 Å². The Hall–Kier alpha value is -1.85. The number of carbonyl (C=O) groups excluding carboxylic acids is 1. The van der Waals surface area contributed by atoms with Gasteiger partial charge >= 0.3 is 0 Å². The molecule has 0 spiro atoms. The maximum absolute atomic E-state index is 12.1. The highest BCUT2D eigenvalue weighted by Crippen LogP contribution is 2.21. The standard InChI is InChI=1S/C15H11BrClN3O/c16-11-1-3-13-10(7-11)5-6-20(13)9-15(21)19-14-4-2-12(17)8-18-14/h1-8H,9H2,(H,18,19,21). The molecule has 0 saturated heterocycles. The van der Waals surface area contributed by atoms with Gasteiger partial charge in [-0.2, -0.15) is 0 Å². The quantitative estimate of drug-likeness (QED) is 0.761. The molecule has 1 amide bonds. The minimum atomic E-state index is -0.134. The number of hydrogen-bond acceptors (Lipinski definition) is 2. The third-order valence-corrected chi connectivity index (χ3v) is 3.76. The molecule has 0 saturated carbocycles. The summed E-state index contributed by atoms with van der Waals surface area (Å²) in [4.78, 5) is 16.1. The zero-order valence-electron chi connectivity index (χ0n) is 10.9. The molecule has 0 bridgehead atoms. The predicted molar refractivity (Wildman–Crippen MR) is 87.5 cm³/mol. The summed E-state index contributed by atoms with van der Waals surface area (Å²) in [5.74, 6) is 0.355. The van der Waals surface area contributed by atoms with E-state index in [1.165, 1.54) is 6.20 Å². The molecule has 3 aromatic rings. The molecule has 2 aromatic heterocycles. The number of fused-ring (bicyclic) bond motifs is 1. The van der Waals surface area contributed by atoms with E-state index in [0.717, 1.165) is 15.4 Å². The van der Waals surface area contributed by atoms with E-state index in [9.17, 15) is 4.79 Å². The summed E-state index contributed by atoms with van der Waals surface area (Å²) >= 11 is 9.19. The van der Waals surface area contributed by atoms with Gasteiger partial charge in [-0.05, 0) is 36.4 Å². The van der Waals surface area contributed by atoms with E-state index in [2.05, 4.69) is 26.2 Å². The van der Waals surface area contributed by atoms with Crippen molar-refractivity contribution in [3.05, 3.63) is 58.3 Å². The zero-order chi connectivity index (χ0) is 14.8. The Labute approximate surface area is 134 Å². The lowest BCUT2D eigenvalue weighted by atomic mass is 10.2. The Kier molecular flexibility index (Phi) is 3.94. The van der Waals surface area contributed by atoms with Crippen LogP contribution in [-0.2, 0) is 11.3 Å². The molecule has 6 heteroatoms. The molecular weight excluding hydrogens is 354 g/mol. The van der Waals surface area contributed by atoms with Gasteiger partial charge in [-0.1, -0.05) is 27.5 Å². The Balaban J connectivity index is 1.75. The lowest BCUT2D eigenvalue weighted by molar-refractivity contribution is -0.116. The fraction of sp³-hybridized carbons (Fsp3) is 0.0667. The summed E-state index contributed by atoms with van der Waals surface area (Å²) in [7, 11) is 0. The second-order valence-corrected chi connectivity index (χ2v) is 5.91. The van der Waals surface area contributed by atoms with Crippen LogP contribution in [0, 0.1) is 0 Å². The van der Waals surface area contributed by atoms with Gasteiger partial charge in [-0.3, -0.25) is 4.79 Å². The first-order valence-corrected chi connectivity index (χ1v) is 7.45. The van der Waals surface area contributed by atoms with Gasteiger partial charge in [-0.25, -0.2) is 4.98 Å². The molecule has 1 N–H and O–H groups in total. The molecule has 21 heavy (non-hydrogen) atoms. The van der Waals surface area contributed by atoms with Crippen molar-refractivity contribution < 1.29 is 4.79 Å². The van der Waals surface area contributed by atoms with Gasteiger partial charge in [0.1, 0.15) is 12.4 Å². The lowest BCUT2D eigenvalue weighted by Gasteiger charge is -2.07. The normalized spacial score (nSPS) is 10.8. The monoisotopic (exact) mass is 363 g/mol. The summed E-state index contributed by atoms with van der Waals surface area (Å²) in [6.45, 7) is 0.232. The van der Waals surface area contributed by atoms with Crippen molar-refractivity contribution in [3.8, 4) is 0 Å². The number of rotatable bonds is 3. The Morgan fingerprint density at radius 3 is 2.90 bits per heavy atom. The highest BCUT2D eigenvalue weighted by atomic mass is 79.9. The van der Waals surface area contributed by atoms with Crippen molar-refractivity contribution in [3.63, 3.8) is 0 Å². The van der Waals surface area contributed by atoms with E-state index in [4.69, 9.17) is 11.6 Å². The molecule has 0 fully saturated rings. The topological polar surface area (TPSA) is 46.9 Å². The largest absolute Gasteiger partial charge is 0.338 e. The maximum atomic E-state index is 12.1. The molecule has 0 aliphatic carbocycles. The Bertz CT molecular complexity index is 798. The molecule has 0 atom stereocenters. The van der Waals surface area contributed by atoms with Gasteiger partial charge in [0, 0.05) is 27.8 Å². The summed E-state index contributed by atoms with van der Waals surface area (Å²) < 4.78 is 2.91. The average Bonchev–Trinajstić information content (AvgIpc) is 2.83. The smallest absolute Gasteiger partial charge is 0.245 e. The molecule has 106 valence electrons. The second-order valence-electron chi connectivity index (χ2n) is 4.56. The molecule has 0 unspecified atom stereocenters. The van der Waals surface area contributed by atoms with E-state index >= 15 is 0 Å². The van der Waals surface area contributed by atoms with Gasteiger partial charge in [-0.15, -0.1) is 0 Å². The number of amides is 1. The zero-order valence-corrected chi connectivity index (χ0v) is 13.2. The van der Waals surface area contributed by atoms with Crippen molar-refractivity contribution in [1.29, 1.82) is 0 Å². The number of pyridine rings is 1. The maximum Gasteiger partial charge on any atom is 0.245 e. The molecule has 0 radical (unpaired) electrons. The Morgan fingerprint density at radius 1 is 1.29 bits per heavy atom. The first-order chi connectivity index (χ1) is 10.1. The van der Waals surface area contributed by atoms with Gasteiger partial charge in [0.05, 0.1) is 5.02 Å². The van der Waals surface area contributed by atoms with Crippen LogP contribution in [0.1, 0.15) is 0 Å². The first-order valence-electron chi connectivity index (χ1n) is 6.27. The van der Waals surface area contributed by atoms with Crippen molar-refractivity contribution in [1.82, 2.24) is 9.55 Å². The fourth-order valence-electron chi connectivity index (χ4n) is 2.10. The van der Waals surface area contributed by atoms with Crippen molar-refractivity contribution >= 4 is 50.2 Å². The van der Waals surface area contributed by atoms with Gasteiger partial charge in [0.25, 0.3) is 0 Å². The van der Waals surface area contributed by atoms with Crippen LogP contribution in [0.5, 0.6) is 0 Å². The SMILES string of the molecule is O=C(Cn1ccc2cc(Br)ccc21)Nc1ccc(Cl)cn1. The second kappa shape index (κ2) is 5.87. The van der Waals surface area contributed by atoms with E-state index in [0.29, 0.717) is 10.8 Å². The van der Waals surface area contributed by atoms with E-state index in [-0.39, 0.29) is 12.5 Å². The highest BCUT2D eigenvalue weighted by molar-refractivity contribution is 9.10. The number of anilines is 1. The number of nitrogens with zero attached hydrogens (tertiary/aromatic N) is 2. The fourth-order valence-corrected chi connectivity index (χ4v) is 2.59. The average molecular weight is 365 g/mol. The van der Waals surface area contributed by atoms with Crippen LogP contribution < -0.4 is 5.32 Å². The summed E-state index contributed by atoms with van der Waals surface area (Å²) in [5, 5.41) is 4.37. The van der Waals surface area contributed by atoms with Crippen LogP contribution in [0.2, 0.25) is 5.02 Å². The van der Waals surface area contributed by atoms with E-state index in [1.807, 2.05) is 35.0 Å². The summed E-state index contributed by atoms with van der Waals surface area (Å²) in [5.41, 5.74) is 1.01. The number of aromatic nitrogens is 2. The van der Waals surface area contributed by atoms with Crippen LogP contribution in [0.15, 0.2) is 53.3 Å². The van der Waals surface area contributed by atoms with Crippen LogP contribution in [0.4, 0.5) is 5.82 Å². The van der Waals surface area contributed by atoms with Gasteiger partial charge < -0.3 is 9.88 Å². The van der Waals surface area contributed by atoms with Crippen LogP contribution in [-0.4, -0.2) is 15.5 Å². The number of hydrogen-bond donors (Lipinski definition) is 1. The van der Waals surface area contributed by atoms with Crippen LogP contribution in [0.25, 0.3) is 10.9 Å². The number of halogens is 2. The third-order valence-electron chi connectivity index (χ3n) is 3.04. The van der Waals surface area contributed by atoms with Crippen molar-refractivity contribution in [2.45, 2.75) is 6.54 Å².